The second kappa shape index (κ2) is 10.3. The number of alkyl halides is 5. The largest absolute Gasteiger partial charge is 0.419 e. The molecule has 3 heterocycles. The van der Waals surface area contributed by atoms with Gasteiger partial charge in [-0.1, -0.05) is 13.0 Å². The molecule has 1 amide bonds. The molecule has 1 aliphatic rings. The van der Waals surface area contributed by atoms with E-state index < -0.39 is 48.5 Å². The summed E-state index contributed by atoms with van der Waals surface area (Å²) in [6.07, 6.45) is -1.17. The van der Waals surface area contributed by atoms with Crippen molar-refractivity contribution in [2.24, 2.45) is 5.92 Å². The lowest BCUT2D eigenvalue weighted by Crippen LogP contribution is -2.58. The highest BCUT2D eigenvalue weighted by Gasteiger charge is 2.46. The van der Waals surface area contributed by atoms with E-state index in [9.17, 15) is 26.7 Å². The van der Waals surface area contributed by atoms with Gasteiger partial charge in [-0.3, -0.25) is 15.2 Å². The van der Waals surface area contributed by atoms with Crippen molar-refractivity contribution >= 4 is 17.6 Å². The number of aromatic nitrogens is 3. The molecule has 0 aliphatic carbocycles. The van der Waals surface area contributed by atoms with Gasteiger partial charge in [0.15, 0.2) is 0 Å². The van der Waals surface area contributed by atoms with E-state index >= 15 is 0 Å². The first-order chi connectivity index (χ1) is 16.4. The van der Waals surface area contributed by atoms with Gasteiger partial charge in [-0.25, -0.2) is 18.7 Å². The van der Waals surface area contributed by atoms with Gasteiger partial charge >= 0.3 is 6.18 Å². The van der Waals surface area contributed by atoms with Crippen molar-refractivity contribution in [3.05, 3.63) is 59.8 Å². The van der Waals surface area contributed by atoms with E-state index in [1.807, 2.05) is 0 Å². The summed E-state index contributed by atoms with van der Waals surface area (Å²) in [5.74, 6) is -4.78. The van der Waals surface area contributed by atoms with Gasteiger partial charge < -0.3 is 15.5 Å². The zero-order valence-electron chi connectivity index (χ0n) is 18.9. The highest BCUT2D eigenvalue weighted by atomic mass is 19.4. The topological polar surface area (TPSA) is 107 Å². The number of anilines is 1. The minimum absolute atomic E-state index is 0.0852. The lowest BCUT2D eigenvalue weighted by atomic mass is 9.87. The number of piperidine rings is 1. The van der Waals surface area contributed by atoms with Crippen molar-refractivity contribution in [1.82, 2.24) is 25.2 Å². The van der Waals surface area contributed by atoms with Crippen LogP contribution < -0.4 is 10.6 Å². The van der Waals surface area contributed by atoms with Crippen LogP contribution in [0.2, 0.25) is 0 Å². The summed E-state index contributed by atoms with van der Waals surface area (Å²) in [5.41, 5.74) is -1.25. The first-order valence-corrected chi connectivity index (χ1v) is 10.6. The highest BCUT2D eigenvalue weighted by Crippen LogP contribution is 2.35. The molecule has 1 fully saturated rings. The Morgan fingerprint density at radius 1 is 1.26 bits per heavy atom. The van der Waals surface area contributed by atoms with Gasteiger partial charge in [-0.2, -0.15) is 13.2 Å². The highest BCUT2D eigenvalue weighted by molar-refractivity contribution is 6.26. The van der Waals surface area contributed by atoms with Crippen molar-refractivity contribution in [3.63, 3.8) is 0 Å². The Hall–Kier alpha value is -3.64. The Kier molecular flexibility index (Phi) is 7.66. The fraction of sp³-hybridized carbons (Fsp3) is 0.409. The van der Waals surface area contributed by atoms with Crippen LogP contribution in [0.25, 0.3) is 0 Å². The molecule has 0 aromatic carbocycles. The number of hydrogen-bond acceptors (Lipinski definition) is 7. The van der Waals surface area contributed by atoms with Crippen molar-refractivity contribution in [2.75, 3.05) is 25.5 Å². The molecule has 2 aromatic rings. The summed E-state index contributed by atoms with van der Waals surface area (Å²) in [6, 6.07) is 4.02. The SMILES string of the molecule is CN/C=C(\C(=N)c1ccccn1)C(=O)N1CC(F)(F)CC(C)C1CNc1ncc(C(F)(F)F)cn1. The molecule has 8 nitrogen and oxygen atoms in total. The van der Waals surface area contributed by atoms with E-state index in [0.717, 1.165) is 4.90 Å². The monoisotopic (exact) mass is 497 g/mol. The number of pyridine rings is 1. The molecule has 188 valence electrons. The van der Waals surface area contributed by atoms with Crippen LogP contribution >= 0.6 is 0 Å². The second-order valence-corrected chi connectivity index (χ2v) is 8.15. The first kappa shape index (κ1) is 26.0. The van der Waals surface area contributed by atoms with Crippen LogP contribution in [-0.2, 0) is 11.0 Å². The third kappa shape index (κ3) is 6.28. The van der Waals surface area contributed by atoms with Gasteiger partial charge in [-0.15, -0.1) is 0 Å². The third-order valence-electron chi connectivity index (χ3n) is 5.50. The molecule has 2 atom stereocenters. The Morgan fingerprint density at radius 2 is 1.94 bits per heavy atom. The molecule has 2 aromatic heterocycles. The van der Waals surface area contributed by atoms with E-state index in [1.165, 1.54) is 25.5 Å². The first-order valence-electron chi connectivity index (χ1n) is 10.6. The average molecular weight is 497 g/mol. The van der Waals surface area contributed by atoms with Gasteiger partial charge in [0, 0.05) is 44.8 Å². The maximum Gasteiger partial charge on any atom is 0.419 e. The molecular formula is C22H24F5N7O. The summed E-state index contributed by atoms with van der Waals surface area (Å²) in [7, 11) is 1.51. The fourth-order valence-corrected chi connectivity index (χ4v) is 3.83. The minimum atomic E-state index is -4.60. The maximum absolute atomic E-state index is 14.5. The number of rotatable bonds is 7. The number of nitrogens with zero attached hydrogens (tertiary/aromatic N) is 4. The summed E-state index contributed by atoms with van der Waals surface area (Å²) < 4.78 is 67.2. The average Bonchev–Trinajstić information content (AvgIpc) is 2.80. The summed E-state index contributed by atoms with van der Waals surface area (Å²) in [5, 5.41) is 13.8. The van der Waals surface area contributed by atoms with Crippen LogP contribution in [0.1, 0.15) is 24.6 Å². The molecular weight excluding hydrogens is 473 g/mol. The predicted molar refractivity (Wildman–Crippen MR) is 118 cm³/mol. The van der Waals surface area contributed by atoms with Crippen LogP contribution in [0, 0.1) is 11.3 Å². The number of carbonyl (C=O) groups excluding carboxylic acids is 1. The van der Waals surface area contributed by atoms with Crippen molar-refractivity contribution < 1.29 is 26.7 Å². The van der Waals surface area contributed by atoms with Crippen molar-refractivity contribution in [2.45, 2.75) is 31.5 Å². The van der Waals surface area contributed by atoms with E-state index in [2.05, 4.69) is 25.6 Å². The molecule has 1 aliphatic heterocycles. The van der Waals surface area contributed by atoms with E-state index in [0.29, 0.717) is 12.4 Å². The van der Waals surface area contributed by atoms with Crippen LogP contribution in [0.4, 0.5) is 27.9 Å². The van der Waals surface area contributed by atoms with Crippen LogP contribution in [0.5, 0.6) is 0 Å². The number of likely N-dealkylation sites (tertiary alicyclic amines) is 1. The number of hydrogen-bond donors (Lipinski definition) is 3. The van der Waals surface area contributed by atoms with Crippen LogP contribution in [-0.4, -0.2) is 63.6 Å². The molecule has 13 heteroatoms. The predicted octanol–water partition coefficient (Wildman–Crippen LogP) is 3.35. The molecule has 0 saturated carbocycles. The Morgan fingerprint density at radius 3 is 2.51 bits per heavy atom. The zero-order chi connectivity index (χ0) is 25.8. The van der Waals surface area contributed by atoms with Crippen molar-refractivity contribution in [3.8, 4) is 0 Å². The summed E-state index contributed by atoms with van der Waals surface area (Å²) >= 11 is 0. The molecule has 0 bridgehead atoms. The summed E-state index contributed by atoms with van der Waals surface area (Å²) in [6.45, 7) is 0.587. The molecule has 1 saturated heterocycles. The van der Waals surface area contributed by atoms with E-state index in [4.69, 9.17) is 5.41 Å². The Labute approximate surface area is 198 Å². The normalized spacial score (nSPS) is 20.3. The number of nitrogens with one attached hydrogen (secondary N) is 3. The standard InChI is InChI=1S/C22H24F5N7O/c1-13-7-21(23,24)12-34(17(13)11-33-20-31-8-14(9-32-20)22(25,26)27)19(35)15(10-29-2)18(28)16-5-3-4-6-30-16/h3-6,8-10,13,17,28-29H,7,11-12H2,1-2H3,(H,31,32,33)/b15-10+,28-18?. The lowest BCUT2D eigenvalue weighted by Gasteiger charge is -2.43. The van der Waals surface area contributed by atoms with Gasteiger partial charge in [0.05, 0.1) is 35.1 Å². The second-order valence-electron chi connectivity index (χ2n) is 8.15. The van der Waals surface area contributed by atoms with Crippen molar-refractivity contribution in [1.29, 1.82) is 5.41 Å². The van der Waals surface area contributed by atoms with Crippen LogP contribution in [0.15, 0.2) is 48.6 Å². The Bertz CT molecular complexity index is 1070. The third-order valence-corrected chi connectivity index (χ3v) is 5.50. The summed E-state index contributed by atoms with van der Waals surface area (Å²) in [4.78, 5) is 25.7. The van der Waals surface area contributed by atoms with E-state index in [1.54, 1.807) is 19.1 Å². The smallest absolute Gasteiger partial charge is 0.393 e. The van der Waals surface area contributed by atoms with Crippen LogP contribution in [0.3, 0.4) is 0 Å². The fourth-order valence-electron chi connectivity index (χ4n) is 3.83. The quantitative estimate of drug-likeness (QED) is 0.308. The molecule has 3 rings (SSSR count). The molecule has 2 unspecified atom stereocenters. The van der Waals surface area contributed by atoms with Gasteiger partial charge in [0.1, 0.15) is 0 Å². The minimum Gasteiger partial charge on any atom is -0.393 e. The number of halogens is 5. The van der Waals surface area contributed by atoms with Gasteiger partial charge in [0.2, 0.25) is 5.95 Å². The molecule has 0 radical (unpaired) electrons. The molecule has 35 heavy (non-hydrogen) atoms. The van der Waals surface area contributed by atoms with Gasteiger partial charge in [0.25, 0.3) is 11.8 Å². The van der Waals surface area contributed by atoms with Gasteiger partial charge in [-0.05, 0) is 18.1 Å². The van der Waals surface area contributed by atoms with E-state index in [-0.39, 0.29) is 29.5 Å². The lowest BCUT2D eigenvalue weighted by molar-refractivity contribution is -0.147. The molecule has 0 spiro atoms. The number of carbonyl (C=O) groups is 1. The number of amides is 1. The molecule has 3 N–H and O–H groups in total. The maximum atomic E-state index is 14.5. The Balaban J connectivity index is 1.85. The zero-order valence-corrected chi connectivity index (χ0v) is 18.9.